The summed E-state index contributed by atoms with van der Waals surface area (Å²) < 4.78 is 0. The van der Waals surface area contributed by atoms with Gasteiger partial charge < -0.3 is 15.3 Å². The maximum Gasteiger partial charge on any atom is 0.255 e. The zero-order valence-corrected chi connectivity index (χ0v) is 13.1. The number of pyridine rings is 1. The molecule has 0 radical (unpaired) electrons. The summed E-state index contributed by atoms with van der Waals surface area (Å²) in [7, 11) is 0. The van der Waals surface area contributed by atoms with Crippen LogP contribution >= 0.6 is 11.6 Å². The van der Waals surface area contributed by atoms with Crippen molar-refractivity contribution in [2.75, 3.05) is 25.0 Å². The Morgan fingerprint density at radius 2 is 2.33 bits per heavy atom. The maximum atomic E-state index is 12.7. The number of nitrogens with one attached hydrogen (secondary N) is 1. The first-order valence-electron chi connectivity index (χ1n) is 7.48. The van der Waals surface area contributed by atoms with Crippen LogP contribution in [-0.4, -0.2) is 46.6 Å². The number of aliphatic hydroxyl groups excluding tert-OH is 1. The van der Waals surface area contributed by atoms with E-state index in [-0.39, 0.29) is 18.6 Å². The van der Waals surface area contributed by atoms with Gasteiger partial charge in [0.25, 0.3) is 5.91 Å². The number of aliphatic hydroxyl groups is 1. The second-order valence-corrected chi connectivity index (χ2v) is 5.69. The Morgan fingerprint density at radius 3 is 2.90 bits per heavy atom. The summed E-state index contributed by atoms with van der Waals surface area (Å²) in [5, 5.41) is 12.7. The molecule has 1 amide bonds. The predicted molar refractivity (Wildman–Crippen MR) is 83.8 cm³/mol. The summed E-state index contributed by atoms with van der Waals surface area (Å²) in [6, 6.07) is 1.92. The van der Waals surface area contributed by atoms with E-state index in [1.165, 1.54) is 6.20 Å². The van der Waals surface area contributed by atoms with Crippen molar-refractivity contribution in [1.82, 2.24) is 9.88 Å². The Morgan fingerprint density at radius 1 is 1.57 bits per heavy atom. The molecule has 0 aromatic carbocycles. The number of halogens is 1. The van der Waals surface area contributed by atoms with Gasteiger partial charge in [-0.15, -0.1) is 0 Å². The fourth-order valence-electron chi connectivity index (χ4n) is 2.36. The first-order chi connectivity index (χ1) is 10.2. The minimum absolute atomic E-state index is 0.0358. The highest BCUT2D eigenvalue weighted by atomic mass is 35.5. The highest BCUT2D eigenvalue weighted by Gasteiger charge is 2.30. The van der Waals surface area contributed by atoms with Crippen LogP contribution in [0.5, 0.6) is 0 Å². The van der Waals surface area contributed by atoms with E-state index in [1.807, 2.05) is 0 Å². The molecule has 21 heavy (non-hydrogen) atoms. The molecule has 0 spiro atoms. The first-order valence-corrected chi connectivity index (χ1v) is 7.86. The maximum absolute atomic E-state index is 12.7. The molecule has 116 valence electrons. The SMILES string of the molecule is CCCNc1cc(C(=O)N(CCO)C2CCC2)c(Cl)cn1. The standard InChI is InChI=1S/C15H22ClN3O2/c1-2-6-17-14-9-12(13(16)10-18-14)15(21)19(7-8-20)11-4-3-5-11/h9-11,20H,2-8H2,1H3,(H,17,18). The van der Waals surface area contributed by atoms with Crippen LogP contribution < -0.4 is 5.32 Å². The van der Waals surface area contributed by atoms with Gasteiger partial charge in [-0.05, 0) is 31.7 Å². The fraction of sp³-hybridized carbons (Fsp3) is 0.600. The third-order valence-corrected chi connectivity index (χ3v) is 4.06. The van der Waals surface area contributed by atoms with Crippen molar-refractivity contribution >= 4 is 23.3 Å². The highest BCUT2D eigenvalue weighted by molar-refractivity contribution is 6.33. The van der Waals surface area contributed by atoms with Crippen LogP contribution in [0.2, 0.25) is 5.02 Å². The molecule has 2 N–H and O–H groups in total. The van der Waals surface area contributed by atoms with Crippen LogP contribution in [0.1, 0.15) is 43.0 Å². The number of nitrogens with zero attached hydrogens (tertiary/aromatic N) is 2. The summed E-state index contributed by atoms with van der Waals surface area (Å²) in [5.41, 5.74) is 0.450. The molecule has 5 nitrogen and oxygen atoms in total. The predicted octanol–water partition coefficient (Wildman–Crippen LogP) is 2.54. The number of anilines is 1. The third kappa shape index (κ3) is 3.86. The molecule has 1 aromatic heterocycles. The molecule has 1 saturated carbocycles. The molecular formula is C15H22ClN3O2. The molecule has 0 saturated heterocycles. The first kappa shape index (κ1) is 16.0. The van der Waals surface area contributed by atoms with Gasteiger partial charge in [0, 0.05) is 25.3 Å². The molecule has 2 rings (SSSR count). The number of carbonyl (C=O) groups is 1. The summed E-state index contributed by atoms with van der Waals surface area (Å²) in [6.45, 7) is 3.17. The Hall–Kier alpha value is -1.33. The van der Waals surface area contributed by atoms with E-state index in [9.17, 15) is 9.90 Å². The molecule has 0 bridgehead atoms. The number of hydrogen-bond acceptors (Lipinski definition) is 4. The van der Waals surface area contributed by atoms with Gasteiger partial charge in [-0.1, -0.05) is 18.5 Å². The van der Waals surface area contributed by atoms with E-state index in [4.69, 9.17) is 11.6 Å². The molecule has 1 aromatic rings. The lowest BCUT2D eigenvalue weighted by molar-refractivity contribution is 0.0526. The molecule has 1 heterocycles. The largest absolute Gasteiger partial charge is 0.395 e. The van der Waals surface area contributed by atoms with Crippen LogP contribution in [0, 0.1) is 0 Å². The van der Waals surface area contributed by atoms with Gasteiger partial charge in [-0.3, -0.25) is 4.79 Å². The van der Waals surface area contributed by atoms with Gasteiger partial charge in [0.05, 0.1) is 17.2 Å². The number of rotatable bonds is 7. The smallest absolute Gasteiger partial charge is 0.255 e. The molecule has 0 atom stereocenters. The highest BCUT2D eigenvalue weighted by Crippen LogP contribution is 2.28. The molecule has 0 aliphatic heterocycles. The normalized spacial score (nSPS) is 14.6. The Kier molecular flexibility index (Phi) is 5.82. The molecular weight excluding hydrogens is 290 g/mol. The third-order valence-electron chi connectivity index (χ3n) is 3.76. The average Bonchev–Trinajstić information content (AvgIpc) is 2.43. The molecule has 1 aliphatic rings. The van der Waals surface area contributed by atoms with Crippen LogP contribution in [0.25, 0.3) is 0 Å². The van der Waals surface area contributed by atoms with Gasteiger partial charge in [-0.25, -0.2) is 4.98 Å². The van der Waals surface area contributed by atoms with Crippen molar-refractivity contribution in [2.24, 2.45) is 0 Å². The second kappa shape index (κ2) is 7.61. The minimum Gasteiger partial charge on any atom is -0.395 e. The van der Waals surface area contributed by atoms with E-state index in [0.717, 1.165) is 32.2 Å². The zero-order valence-electron chi connectivity index (χ0n) is 12.3. The van der Waals surface area contributed by atoms with Crippen molar-refractivity contribution in [3.8, 4) is 0 Å². The van der Waals surface area contributed by atoms with E-state index in [0.29, 0.717) is 22.9 Å². The lowest BCUT2D eigenvalue weighted by atomic mass is 9.91. The summed E-state index contributed by atoms with van der Waals surface area (Å²) >= 11 is 6.13. The van der Waals surface area contributed by atoms with Crippen LogP contribution in [-0.2, 0) is 0 Å². The summed E-state index contributed by atoms with van der Waals surface area (Å²) in [4.78, 5) is 18.6. The topological polar surface area (TPSA) is 65.5 Å². The van der Waals surface area contributed by atoms with Gasteiger partial charge in [0.15, 0.2) is 0 Å². The monoisotopic (exact) mass is 311 g/mol. The average molecular weight is 312 g/mol. The minimum atomic E-state index is -0.124. The van der Waals surface area contributed by atoms with E-state index < -0.39 is 0 Å². The van der Waals surface area contributed by atoms with Crippen molar-refractivity contribution in [2.45, 2.75) is 38.6 Å². The lowest BCUT2D eigenvalue weighted by Gasteiger charge is -2.37. The summed E-state index contributed by atoms with van der Waals surface area (Å²) in [5.74, 6) is 0.530. The number of aromatic nitrogens is 1. The zero-order chi connectivity index (χ0) is 15.2. The second-order valence-electron chi connectivity index (χ2n) is 5.28. The van der Waals surface area contributed by atoms with Crippen molar-refractivity contribution in [3.63, 3.8) is 0 Å². The number of hydrogen-bond donors (Lipinski definition) is 2. The van der Waals surface area contributed by atoms with E-state index in [2.05, 4.69) is 17.2 Å². The van der Waals surface area contributed by atoms with E-state index in [1.54, 1.807) is 11.0 Å². The van der Waals surface area contributed by atoms with Gasteiger partial charge >= 0.3 is 0 Å². The van der Waals surface area contributed by atoms with Crippen molar-refractivity contribution in [1.29, 1.82) is 0 Å². The Bertz CT molecular complexity index is 492. The molecule has 6 heteroatoms. The van der Waals surface area contributed by atoms with Gasteiger partial charge in [0.1, 0.15) is 5.82 Å². The number of carbonyl (C=O) groups excluding carboxylic acids is 1. The summed E-state index contributed by atoms with van der Waals surface area (Å²) in [6.07, 6.45) is 5.61. The quantitative estimate of drug-likeness (QED) is 0.812. The van der Waals surface area contributed by atoms with Crippen LogP contribution in [0.3, 0.4) is 0 Å². The lowest BCUT2D eigenvalue weighted by Crippen LogP contribution is -2.45. The molecule has 1 aliphatic carbocycles. The van der Waals surface area contributed by atoms with E-state index >= 15 is 0 Å². The number of amides is 1. The van der Waals surface area contributed by atoms with Crippen molar-refractivity contribution < 1.29 is 9.90 Å². The van der Waals surface area contributed by atoms with Crippen LogP contribution in [0.4, 0.5) is 5.82 Å². The molecule has 0 unspecified atom stereocenters. The van der Waals surface area contributed by atoms with Gasteiger partial charge in [-0.2, -0.15) is 0 Å². The Balaban J connectivity index is 2.18. The van der Waals surface area contributed by atoms with Gasteiger partial charge in [0.2, 0.25) is 0 Å². The Labute approximate surface area is 130 Å². The van der Waals surface area contributed by atoms with Crippen LogP contribution in [0.15, 0.2) is 12.3 Å². The fourth-order valence-corrected chi connectivity index (χ4v) is 2.55. The molecule has 1 fully saturated rings. The van der Waals surface area contributed by atoms with Crippen molar-refractivity contribution in [3.05, 3.63) is 22.8 Å².